The van der Waals surface area contributed by atoms with Gasteiger partial charge in [-0.3, -0.25) is 14.9 Å². The van der Waals surface area contributed by atoms with Gasteiger partial charge in [0.2, 0.25) is 0 Å². The minimum atomic E-state index is -0.762. The number of hydrogen-bond donors (Lipinski definition) is 1. The molecule has 0 saturated carbocycles. The molecule has 0 aliphatic heterocycles. The molecule has 1 amide bonds. The molecule has 3 rings (SSSR count). The van der Waals surface area contributed by atoms with Crippen molar-refractivity contribution in [1.29, 1.82) is 5.26 Å². The molecule has 0 aliphatic carbocycles. The lowest BCUT2D eigenvalue weighted by atomic mass is 10.2. The van der Waals surface area contributed by atoms with Crippen LogP contribution in [0.1, 0.15) is 5.76 Å². The number of amides is 1. The number of rotatable bonds is 5. The van der Waals surface area contributed by atoms with Gasteiger partial charge in [0, 0.05) is 18.2 Å². The van der Waals surface area contributed by atoms with Gasteiger partial charge in [0.1, 0.15) is 23.2 Å². The smallest absolute Gasteiger partial charge is 0.271 e. The van der Waals surface area contributed by atoms with Crippen molar-refractivity contribution in [2.75, 3.05) is 5.32 Å². The van der Waals surface area contributed by atoms with Gasteiger partial charge in [-0.25, -0.2) is 0 Å². The summed E-state index contributed by atoms with van der Waals surface area (Å²) < 4.78 is 5.65. The number of hydrogen-bond acceptors (Lipinski definition) is 5. The monoisotopic (exact) mass is 461 g/mol. The molecule has 0 spiro atoms. The Bertz CT molecular complexity index is 1210. The number of nitro benzene ring substituents is 1. The maximum Gasteiger partial charge on any atom is 0.271 e. The van der Waals surface area contributed by atoms with Gasteiger partial charge in [-0.1, -0.05) is 40.9 Å². The van der Waals surface area contributed by atoms with E-state index in [1.54, 1.807) is 36.4 Å². The highest BCUT2D eigenvalue weighted by Crippen LogP contribution is 2.36. The largest absolute Gasteiger partial charge is 0.457 e. The first-order valence-electron chi connectivity index (χ1n) is 8.21. The van der Waals surface area contributed by atoms with E-state index < -0.39 is 10.8 Å². The van der Waals surface area contributed by atoms with Crippen molar-refractivity contribution in [2.45, 2.75) is 0 Å². The van der Waals surface area contributed by atoms with Crippen LogP contribution in [0, 0.1) is 21.4 Å². The molecule has 3 aromatic rings. The molecule has 0 radical (unpaired) electrons. The Labute approximate surface area is 185 Å². The van der Waals surface area contributed by atoms with Crippen molar-refractivity contribution in [1.82, 2.24) is 0 Å². The molecule has 0 saturated heterocycles. The van der Waals surface area contributed by atoms with E-state index in [2.05, 4.69) is 5.32 Å². The summed E-state index contributed by atoms with van der Waals surface area (Å²) >= 11 is 18.3. The first kappa shape index (κ1) is 21.4. The van der Waals surface area contributed by atoms with Crippen molar-refractivity contribution in [3.63, 3.8) is 0 Å². The van der Waals surface area contributed by atoms with Crippen molar-refractivity contribution in [3.8, 4) is 17.4 Å². The summed E-state index contributed by atoms with van der Waals surface area (Å²) in [5, 5.41) is 23.3. The lowest BCUT2D eigenvalue weighted by Crippen LogP contribution is -2.13. The van der Waals surface area contributed by atoms with E-state index in [4.69, 9.17) is 39.2 Å². The summed E-state index contributed by atoms with van der Waals surface area (Å²) in [4.78, 5) is 22.6. The number of nitrogens with one attached hydrogen (secondary N) is 1. The van der Waals surface area contributed by atoms with Crippen molar-refractivity contribution < 1.29 is 14.1 Å². The Morgan fingerprint density at radius 3 is 2.40 bits per heavy atom. The lowest BCUT2D eigenvalue weighted by molar-refractivity contribution is -0.384. The minimum absolute atomic E-state index is 0.0384. The third-order valence-corrected chi connectivity index (χ3v) is 4.84. The third-order valence-electron chi connectivity index (χ3n) is 3.90. The maximum absolute atomic E-state index is 12.4. The highest BCUT2D eigenvalue weighted by atomic mass is 35.5. The van der Waals surface area contributed by atoms with Gasteiger partial charge in [-0.15, -0.1) is 0 Å². The van der Waals surface area contributed by atoms with Crippen LogP contribution in [-0.2, 0) is 4.79 Å². The first-order chi connectivity index (χ1) is 14.3. The predicted molar refractivity (Wildman–Crippen MR) is 114 cm³/mol. The Hall–Kier alpha value is -3.31. The molecule has 10 heteroatoms. The van der Waals surface area contributed by atoms with Gasteiger partial charge in [0.15, 0.2) is 0 Å². The summed E-state index contributed by atoms with van der Waals surface area (Å²) in [6, 6.07) is 13.5. The molecule has 150 valence electrons. The van der Waals surface area contributed by atoms with Crippen molar-refractivity contribution >= 4 is 58.2 Å². The number of nitrogens with zero attached hydrogens (tertiary/aromatic N) is 2. The summed E-state index contributed by atoms with van der Waals surface area (Å²) in [7, 11) is 0. The van der Waals surface area contributed by atoms with E-state index >= 15 is 0 Å². The number of anilines is 1. The summed E-state index contributed by atoms with van der Waals surface area (Å²) in [6.45, 7) is 0. The zero-order valence-corrected chi connectivity index (χ0v) is 17.1. The van der Waals surface area contributed by atoms with Crippen LogP contribution >= 0.6 is 34.8 Å². The van der Waals surface area contributed by atoms with E-state index in [0.717, 1.165) is 6.07 Å². The molecule has 7 nitrogen and oxygen atoms in total. The molecule has 0 atom stereocenters. The second kappa shape index (κ2) is 9.01. The molecule has 1 N–H and O–H groups in total. The molecule has 0 aliphatic rings. The van der Waals surface area contributed by atoms with Gasteiger partial charge in [0.05, 0.1) is 31.2 Å². The fourth-order valence-corrected chi connectivity index (χ4v) is 3.30. The van der Waals surface area contributed by atoms with Crippen LogP contribution in [-0.4, -0.2) is 10.8 Å². The van der Waals surface area contributed by atoms with E-state index in [-0.39, 0.29) is 27.7 Å². The molecule has 1 heterocycles. The zero-order valence-electron chi connectivity index (χ0n) is 14.9. The summed E-state index contributed by atoms with van der Waals surface area (Å²) in [6.07, 6.45) is 1.24. The fraction of sp³-hybridized carbons (Fsp3) is 0. The van der Waals surface area contributed by atoms with Gasteiger partial charge < -0.3 is 9.73 Å². The standard InChI is InChI=1S/C20H10Cl3N3O4/c21-14-2-1-3-15(22)19(14)18-7-5-13(30-18)8-11(10-24)20(27)25-17-6-4-12(26(28)29)9-16(17)23/h1-9H,(H,25,27). The molecule has 30 heavy (non-hydrogen) atoms. The molecular formula is C20H10Cl3N3O4. The van der Waals surface area contributed by atoms with E-state index in [1.807, 2.05) is 0 Å². The third kappa shape index (κ3) is 4.63. The Kier molecular flexibility index (Phi) is 6.43. The SMILES string of the molecule is N#CC(=Cc1ccc(-c2c(Cl)cccc2Cl)o1)C(=O)Nc1ccc([N+](=O)[O-])cc1Cl. The van der Waals surface area contributed by atoms with Crippen molar-refractivity contribution in [2.24, 2.45) is 0 Å². The highest BCUT2D eigenvalue weighted by molar-refractivity contribution is 6.39. The highest BCUT2D eigenvalue weighted by Gasteiger charge is 2.16. The summed E-state index contributed by atoms with van der Waals surface area (Å²) in [5.74, 6) is -0.169. The number of furan rings is 1. The molecule has 0 fully saturated rings. The van der Waals surface area contributed by atoms with Gasteiger partial charge in [-0.05, 0) is 30.3 Å². The van der Waals surface area contributed by atoms with Crippen LogP contribution < -0.4 is 5.32 Å². The second-order valence-electron chi connectivity index (χ2n) is 5.84. The van der Waals surface area contributed by atoms with Crippen LogP contribution in [0.3, 0.4) is 0 Å². The Morgan fingerprint density at radius 2 is 1.80 bits per heavy atom. The molecule has 0 unspecified atom stereocenters. The van der Waals surface area contributed by atoms with E-state index in [9.17, 15) is 20.2 Å². The predicted octanol–water partition coefficient (Wildman–Crippen LogP) is 6.36. The minimum Gasteiger partial charge on any atom is -0.457 e. The normalized spacial score (nSPS) is 11.1. The molecule has 2 aromatic carbocycles. The zero-order chi connectivity index (χ0) is 21.8. The average Bonchev–Trinajstić information content (AvgIpc) is 3.15. The molecular weight excluding hydrogens is 453 g/mol. The maximum atomic E-state index is 12.4. The van der Waals surface area contributed by atoms with Crippen LogP contribution in [0.25, 0.3) is 17.4 Å². The Morgan fingerprint density at radius 1 is 1.10 bits per heavy atom. The number of benzene rings is 2. The molecule has 1 aromatic heterocycles. The van der Waals surface area contributed by atoms with Gasteiger partial charge in [0.25, 0.3) is 11.6 Å². The topological polar surface area (TPSA) is 109 Å². The Balaban J connectivity index is 1.85. The lowest BCUT2D eigenvalue weighted by Gasteiger charge is -2.06. The average molecular weight is 463 g/mol. The van der Waals surface area contributed by atoms with Crippen LogP contribution in [0.4, 0.5) is 11.4 Å². The quantitative estimate of drug-likeness (QED) is 0.205. The van der Waals surface area contributed by atoms with Crippen molar-refractivity contribution in [3.05, 3.63) is 85.0 Å². The van der Waals surface area contributed by atoms with E-state index in [1.165, 1.54) is 18.2 Å². The number of nitriles is 1. The van der Waals surface area contributed by atoms with Crippen LogP contribution in [0.2, 0.25) is 15.1 Å². The number of nitro groups is 1. The van der Waals surface area contributed by atoms with Gasteiger partial charge in [-0.2, -0.15) is 5.26 Å². The van der Waals surface area contributed by atoms with E-state index in [0.29, 0.717) is 21.4 Å². The second-order valence-corrected chi connectivity index (χ2v) is 7.07. The molecule has 0 bridgehead atoms. The fourth-order valence-electron chi connectivity index (χ4n) is 2.50. The number of carbonyl (C=O) groups excluding carboxylic acids is 1. The number of carbonyl (C=O) groups is 1. The van der Waals surface area contributed by atoms with Crippen LogP contribution in [0.5, 0.6) is 0 Å². The summed E-state index contributed by atoms with van der Waals surface area (Å²) in [5.41, 5.74) is 0.114. The number of halogens is 3. The van der Waals surface area contributed by atoms with Crippen LogP contribution in [0.15, 0.2) is 58.5 Å². The number of non-ortho nitro benzene ring substituents is 1. The van der Waals surface area contributed by atoms with Gasteiger partial charge >= 0.3 is 0 Å². The first-order valence-corrected chi connectivity index (χ1v) is 9.35.